The van der Waals surface area contributed by atoms with E-state index in [1.807, 2.05) is 30.3 Å². The molecule has 2 aromatic carbocycles. The third-order valence-corrected chi connectivity index (χ3v) is 6.63. The van der Waals surface area contributed by atoms with Gasteiger partial charge in [-0.1, -0.05) is 42.5 Å². The summed E-state index contributed by atoms with van der Waals surface area (Å²) in [5.74, 6) is -2.27. The third kappa shape index (κ3) is 2.38. The highest BCUT2D eigenvalue weighted by molar-refractivity contribution is 5.77. The molecule has 0 saturated heterocycles. The molecular weight excluding hydrogens is 410 g/mol. The van der Waals surface area contributed by atoms with Crippen molar-refractivity contribution in [2.24, 2.45) is 13.0 Å². The van der Waals surface area contributed by atoms with E-state index < -0.39 is 35.1 Å². The van der Waals surface area contributed by atoms with Crippen LogP contribution in [0.5, 0.6) is 5.75 Å². The molecule has 32 heavy (non-hydrogen) atoms. The molecule has 5 atom stereocenters. The van der Waals surface area contributed by atoms with Crippen LogP contribution in [-0.2, 0) is 27.8 Å². The number of methoxy groups -OCH3 is 1. The molecule has 162 valence electrons. The number of fused-ring (bicyclic) bond motifs is 3. The SMILES string of the molecule is COC(=O)[C@H]1[C@@H](O)[C@@]2(O)c3nn(C)cc3O[C@@]2(c2ccc(C#N)cc2)[C@@H]1c1ccccc1. The van der Waals surface area contributed by atoms with Gasteiger partial charge in [-0.25, -0.2) is 0 Å². The van der Waals surface area contributed by atoms with Crippen LogP contribution in [0.2, 0.25) is 0 Å². The predicted molar refractivity (Wildman–Crippen MR) is 111 cm³/mol. The van der Waals surface area contributed by atoms with Crippen molar-refractivity contribution < 1.29 is 24.5 Å². The highest BCUT2D eigenvalue weighted by Crippen LogP contribution is 2.68. The molecule has 0 amide bonds. The van der Waals surface area contributed by atoms with Crippen LogP contribution in [0.4, 0.5) is 0 Å². The van der Waals surface area contributed by atoms with Crippen molar-refractivity contribution in [3.8, 4) is 11.8 Å². The second kappa shape index (κ2) is 6.92. The van der Waals surface area contributed by atoms with Crippen molar-refractivity contribution in [2.45, 2.75) is 23.2 Å². The predicted octanol–water partition coefficient (Wildman–Crippen LogP) is 1.71. The Morgan fingerprint density at radius 1 is 1.22 bits per heavy atom. The Morgan fingerprint density at radius 2 is 1.91 bits per heavy atom. The zero-order valence-electron chi connectivity index (χ0n) is 17.5. The number of nitriles is 1. The van der Waals surface area contributed by atoms with E-state index in [0.717, 1.165) is 0 Å². The Labute approximate surface area is 184 Å². The van der Waals surface area contributed by atoms with Crippen LogP contribution in [0.15, 0.2) is 60.8 Å². The maximum Gasteiger partial charge on any atom is 0.312 e. The Balaban J connectivity index is 1.84. The lowest BCUT2D eigenvalue weighted by molar-refractivity contribution is -0.162. The van der Waals surface area contributed by atoms with Gasteiger partial charge < -0.3 is 19.7 Å². The monoisotopic (exact) mass is 431 g/mol. The first-order valence-electron chi connectivity index (χ1n) is 10.2. The summed E-state index contributed by atoms with van der Waals surface area (Å²) in [4.78, 5) is 13.0. The highest BCUT2D eigenvalue weighted by Gasteiger charge is 2.78. The van der Waals surface area contributed by atoms with Crippen molar-refractivity contribution in [1.82, 2.24) is 9.78 Å². The molecule has 3 aromatic rings. The van der Waals surface area contributed by atoms with Gasteiger partial charge in [0.15, 0.2) is 17.0 Å². The number of aryl methyl sites for hydroxylation is 1. The van der Waals surface area contributed by atoms with Crippen molar-refractivity contribution in [2.75, 3.05) is 7.11 Å². The van der Waals surface area contributed by atoms with Crippen LogP contribution < -0.4 is 4.74 Å². The van der Waals surface area contributed by atoms with Gasteiger partial charge in [-0.05, 0) is 23.3 Å². The minimum absolute atomic E-state index is 0.157. The number of aliphatic hydroxyl groups excluding tert-OH is 1. The molecule has 1 aliphatic carbocycles. The normalized spacial score (nSPS) is 30.2. The zero-order valence-corrected chi connectivity index (χ0v) is 17.5. The van der Waals surface area contributed by atoms with Crippen LogP contribution in [0.1, 0.15) is 28.3 Å². The summed E-state index contributed by atoms with van der Waals surface area (Å²) in [7, 11) is 2.93. The number of benzene rings is 2. The molecule has 2 heterocycles. The second-order valence-electron chi connectivity index (χ2n) is 8.19. The number of rotatable bonds is 3. The van der Waals surface area contributed by atoms with E-state index in [4.69, 9.17) is 9.47 Å². The molecule has 0 radical (unpaired) electrons. The van der Waals surface area contributed by atoms with Gasteiger partial charge in [0.05, 0.1) is 30.9 Å². The standard InChI is InChI=1S/C24H21N3O5/c1-27-13-17-20(26-27)23(30)21(28)18(22(29)31-2)19(15-6-4-3-5-7-15)24(23,32-17)16-10-8-14(12-25)9-11-16/h3-11,13,18-19,21,28,30H,1-2H3/t18-,19-,21-,23+,24+/m1/s1. The fourth-order valence-electron chi connectivity index (χ4n) is 5.34. The van der Waals surface area contributed by atoms with E-state index in [0.29, 0.717) is 22.4 Å². The molecule has 2 N–H and O–H groups in total. The Bertz CT molecular complexity index is 1230. The number of aromatic nitrogens is 2. The fourth-order valence-corrected chi connectivity index (χ4v) is 5.34. The molecule has 0 bridgehead atoms. The van der Waals surface area contributed by atoms with Crippen molar-refractivity contribution in [1.29, 1.82) is 5.26 Å². The highest BCUT2D eigenvalue weighted by atomic mass is 16.5. The van der Waals surface area contributed by atoms with Gasteiger partial charge in [0.25, 0.3) is 0 Å². The number of carbonyl (C=O) groups excluding carboxylic acids is 1. The minimum atomic E-state index is -2.04. The number of carbonyl (C=O) groups is 1. The van der Waals surface area contributed by atoms with Crippen LogP contribution >= 0.6 is 0 Å². The first kappa shape index (κ1) is 20.2. The lowest BCUT2D eigenvalue weighted by Crippen LogP contribution is -2.52. The van der Waals surface area contributed by atoms with Gasteiger partial charge in [0.1, 0.15) is 11.8 Å². The first-order valence-corrected chi connectivity index (χ1v) is 10.2. The van der Waals surface area contributed by atoms with E-state index in [1.54, 1.807) is 37.5 Å². The van der Waals surface area contributed by atoms with Crippen LogP contribution in [0.3, 0.4) is 0 Å². The number of ether oxygens (including phenoxy) is 2. The van der Waals surface area contributed by atoms with Gasteiger partial charge in [0, 0.05) is 13.0 Å². The summed E-state index contributed by atoms with van der Waals surface area (Å²) < 4.78 is 13.0. The van der Waals surface area contributed by atoms with Crippen molar-refractivity contribution in [3.05, 3.63) is 83.2 Å². The van der Waals surface area contributed by atoms with Crippen LogP contribution in [0, 0.1) is 17.2 Å². The van der Waals surface area contributed by atoms with E-state index in [-0.39, 0.29) is 5.69 Å². The summed E-state index contributed by atoms with van der Waals surface area (Å²) in [6.07, 6.45) is 0.0609. The van der Waals surface area contributed by atoms with Crippen molar-refractivity contribution in [3.63, 3.8) is 0 Å². The molecule has 0 unspecified atom stereocenters. The molecule has 5 rings (SSSR count). The van der Waals surface area contributed by atoms with E-state index in [2.05, 4.69) is 11.2 Å². The van der Waals surface area contributed by atoms with Gasteiger partial charge >= 0.3 is 5.97 Å². The number of hydrogen-bond donors (Lipinski definition) is 2. The van der Waals surface area contributed by atoms with Gasteiger partial charge in [0.2, 0.25) is 0 Å². The number of esters is 1. The molecule has 8 nitrogen and oxygen atoms in total. The lowest BCUT2D eigenvalue weighted by atomic mass is 9.71. The Kier molecular flexibility index (Phi) is 4.38. The molecule has 0 spiro atoms. The van der Waals surface area contributed by atoms with Crippen LogP contribution in [0.25, 0.3) is 0 Å². The third-order valence-electron chi connectivity index (χ3n) is 6.63. The van der Waals surface area contributed by atoms with Gasteiger partial charge in [-0.2, -0.15) is 10.4 Å². The second-order valence-corrected chi connectivity index (χ2v) is 8.19. The number of hydrogen-bond acceptors (Lipinski definition) is 7. The molecule has 2 aliphatic rings. The topological polar surface area (TPSA) is 118 Å². The van der Waals surface area contributed by atoms with Gasteiger partial charge in [-0.3, -0.25) is 9.48 Å². The maximum atomic E-state index is 13.0. The molecular formula is C24H21N3O5. The summed E-state index contributed by atoms with van der Waals surface area (Å²) in [5.41, 5.74) is -1.83. The first-order chi connectivity index (χ1) is 15.4. The average molecular weight is 431 g/mol. The quantitative estimate of drug-likeness (QED) is 0.606. The van der Waals surface area contributed by atoms with Crippen LogP contribution in [-0.4, -0.2) is 39.2 Å². The van der Waals surface area contributed by atoms with Crippen molar-refractivity contribution >= 4 is 5.97 Å². The van der Waals surface area contributed by atoms with E-state index in [1.165, 1.54) is 11.8 Å². The summed E-state index contributed by atoms with van der Waals surface area (Å²) in [6, 6.07) is 17.8. The Hall–Kier alpha value is -3.67. The van der Waals surface area contributed by atoms with E-state index in [9.17, 15) is 20.3 Å². The average Bonchev–Trinajstić information content (AvgIpc) is 3.37. The van der Waals surface area contributed by atoms with Gasteiger partial charge in [-0.15, -0.1) is 0 Å². The molecule has 8 heteroatoms. The fraction of sp³-hybridized carbons (Fsp3) is 0.292. The number of aliphatic hydroxyl groups is 2. The lowest BCUT2D eigenvalue weighted by Gasteiger charge is -2.40. The zero-order chi connectivity index (χ0) is 22.7. The largest absolute Gasteiger partial charge is 0.475 e. The van der Waals surface area contributed by atoms with E-state index >= 15 is 0 Å². The Morgan fingerprint density at radius 3 is 2.53 bits per heavy atom. The summed E-state index contributed by atoms with van der Waals surface area (Å²) >= 11 is 0. The molecule has 1 aliphatic heterocycles. The smallest absolute Gasteiger partial charge is 0.312 e. The number of nitrogens with zero attached hydrogens (tertiary/aromatic N) is 3. The molecule has 1 fully saturated rings. The molecule has 1 aromatic heterocycles. The minimum Gasteiger partial charge on any atom is -0.475 e. The molecule has 1 saturated carbocycles. The maximum absolute atomic E-state index is 13.0. The summed E-state index contributed by atoms with van der Waals surface area (Å²) in [6.45, 7) is 0. The summed E-state index contributed by atoms with van der Waals surface area (Å²) in [5, 5.41) is 37.4.